The van der Waals surface area contributed by atoms with Gasteiger partial charge in [-0.2, -0.15) is 0 Å². The highest BCUT2D eigenvalue weighted by molar-refractivity contribution is 6.30. The second-order valence-corrected chi connectivity index (χ2v) is 4.94. The molecule has 0 aliphatic heterocycles. The Hall–Kier alpha value is -1.78. The molecule has 0 aliphatic carbocycles. The van der Waals surface area contributed by atoms with Crippen LogP contribution in [0.4, 0.5) is 0 Å². The summed E-state index contributed by atoms with van der Waals surface area (Å²) in [6.07, 6.45) is 2.62. The van der Waals surface area contributed by atoms with Gasteiger partial charge in [-0.3, -0.25) is 0 Å². The summed E-state index contributed by atoms with van der Waals surface area (Å²) in [5, 5.41) is 4.06. The fourth-order valence-corrected chi connectivity index (χ4v) is 2.11. The van der Waals surface area contributed by atoms with Gasteiger partial charge in [-0.25, -0.2) is 4.98 Å². The first kappa shape index (κ1) is 15.6. The Kier molecular flexibility index (Phi) is 6.31. The summed E-state index contributed by atoms with van der Waals surface area (Å²) in [5.74, 6) is 1.51. The molecule has 0 unspecified atom stereocenters. The van der Waals surface area contributed by atoms with E-state index in [1.807, 2.05) is 36.4 Å². The number of methoxy groups -OCH3 is 1. The SMILES string of the molecule is COc1ccc(Cl)cc1CNCCCOc1ccccn1. The number of hydrogen-bond acceptors (Lipinski definition) is 4. The largest absolute Gasteiger partial charge is 0.496 e. The molecular formula is C16H19ClN2O2. The normalized spacial score (nSPS) is 10.4. The van der Waals surface area contributed by atoms with Gasteiger partial charge in [-0.1, -0.05) is 17.7 Å². The maximum atomic E-state index is 5.99. The van der Waals surface area contributed by atoms with E-state index in [2.05, 4.69) is 10.3 Å². The molecule has 0 spiro atoms. The van der Waals surface area contributed by atoms with E-state index in [1.165, 1.54) is 0 Å². The zero-order valence-corrected chi connectivity index (χ0v) is 12.8. The molecule has 0 saturated heterocycles. The van der Waals surface area contributed by atoms with Gasteiger partial charge in [0.2, 0.25) is 5.88 Å². The van der Waals surface area contributed by atoms with Crippen LogP contribution < -0.4 is 14.8 Å². The molecule has 1 N–H and O–H groups in total. The van der Waals surface area contributed by atoms with Crippen molar-refractivity contribution in [1.29, 1.82) is 0 Å². The van der Waals surface area contributed by atoms with Crippen LogP contribution in [0.5, 0.6) is 11.6 Å². The maximum Gasteiger partial charge on any atom is 0.213 e. The maximum absolute atomic E-state index is 5.99. The van der Waals surface area contributed by atoms with E-state index in [4.69, 9.17) is 21.1 Å². The van der Waals surface area contributed by atoms with Crippen LogP contribution in [0, 0.1) is 0 Å². The molecule has 21 heavy (non-hydrogen) atoms. The Bertz CT molecular complexity index is 549. The van der Waals surface area contributed by atoms with E-state index in [0.29, 0.717) is 24.1 Å². The summed E-state index contributed by atoms with van der Waals surface area (Å²) in [7, 11) is 1.66. The molecule has 0 atom stereocenters. The Labute approximate surface area is 130 Å². The van der Waals surface area contributed by atoms with Crippen molar-refractivity contribution in [1.82, 2.24) is 10.3 Å². The average Bonchev–Trinajstić information content (AvgIpc) is 2.52. The number of nitrogens with one attached hydrogen (secondary N) is 1. The minimum absolute atomic E-state index is 0.636. The lowest BCUT2D eigenvalue weighted by molar-refractivity contribution is 0.296. The van der Waals surface area contributed by atoms with Crippen molar-refractivity contribution in [3.8, 4) is 11.6 Å². The van der Waals surface area contributed by atoms with Crippen molar-refractivity contribution in [3.63, 3.8) is 0 Å². The Morgan fingerprint density at radius 3 is 2.90 bits per heavy atom. The van der Waals surface area contributed by atoms with Gasteiger partial charge in [0.25, 0.3) is 0 Å². The summed E-state index contributed by atoms with van der Waals surface area (Å²) >= 11 is 5.99. The number of halogens is 1. The van der Waals surface area contributed by atoms with Crippen LogP contribution in [0.25, 0.3) is 0 Å². The molecule has 2 rings (SSSR count). The van der Waals surface area contributed by atoms with Gasteiger partial charge in [0.1, 0.15) is 5.75 Å². The van der Waals surface area contributed by atoms with Crippen LogP contribution in [0.15, 0.2) is 42.6 Å². The first-order chi connectivity index (χ1) is 10.3. The van der Waals surface area contributed by atoms with Crippen molar-refractivity contribution in [2.45, 2.75) is 13.0 Å². The van der Waals surface area contributed by atoms with E-state index in [1.54, 1.807) is 13.3 Å². The molecule has 2 aromatic rings. The lowest BCUT2D eigenvalue weighted by atomic mass is 10.2. The van der Waals surface area contributed by atoms with E-state index in [-0.39, 0.29) is 0 Å². The van der Waals surface area contributed by atoms with Crippen LogP contribution in [0.3, 0.4) is 0 Å². The van der Waals surface area contributed by atoms with Gasteiger partial charge in [-0.15, -0.1) is 0 Å². The van der Waals surface area contributed by atoms with E-state index in [0.717, 1.165) is 24.3 Å². The molecule has 0 radical (unpaired) electrons. The number of aromatic nitrogens is 1. The van der Waals surface area contributed by atoms with Crippen molar-refractivity contribution in [2.75, 3.05) is 20.3 Å². The van der Waals surface area contributed by atoms with E-state index >= 15 is 0 Å². The zero-order valence-electron chi connectivity index (χ0n) is 12.0. The van der Waals surface area contributed by atoms with E-state index < -0.39 is 0 Å². The smallest absolute Gasteiger partial charge is 0.213 e. The van der Waals surface area contributed by atoms with Gasteiger partial charge in [0.15, 0.2) is 0 Å². The minimum atomic E-state index is 0.636. The fourth-order valence-electron chi connectivity index (χ4n) is 1.91. The van der Waals surface area contributed by atoms with Gasteiger partial charge < -0.3 is 14.8 Å². The molecule has 0 aliphatic rings. The molecule has 4 nitrogen and oxygen atoms in total. The summed E-state index contributed by atoms with van der Waals surface area (Å²) in [6, 6.07) is 11.2. The lowest BCUT2D eigenvalue weighted by Gasteiger charge is -2.10. The standard InChI is InChI=1S/C16H19ClN2O2/c1-20-15-7-6-14(17)11-13(15)12-18-8-4-10-21-16-5-2-3-9-19-16/h2-3,5-7,9,11,18H,4,8,10,12H2,1H3. The topological polar surface area (TPSA) is 43.4 Å². The summed E-state index contributed by atoms with van der Waals surface area (Å²) < 4.78 is 10.8. The third-order valence-electron chi connectivity index (χ3n) is 2.94. The minimum Gasteiger partial charge on any atom is -0.496 e. The van der Waals surface area contributed by atoms with Gasteiger partial charge in [0.05, 0.1) is 13.7 Å². The third-order valence-corrected chi connectivity index (χ3v) is 3.18. The van der Waals surface area contributed by atoms with Gasteiger partial charge >= 0.3 is 0 Å². The van der Waals surface area contributed by atoms with Crippen LogP contribution in [-0.4, -0.2) is 25.2 Å². The third kappa shape index (κ3) is 5.25. The number of nitrogens with zero attached hydrogens (tertiary/aromatic N) is 1. The molecular weight excluding hydrogens is 288 g/mol. The predicted octanol–water partition coefficient (Wildman–Crippen LogP) is 3.30. The van der Waals surface area contributed by atoms with Crippen molar-refractivity contribution in [2.24, 2.45) is 0 Å². The second-order valence-electron chi connectivity index (χ2n) is 4.50. The number of benzene rings is 1. The Morgan fingerprint density at radius 1 is 1.24 bits per heavy atom. The number of ether oxygens (including phenoxy) is 2. The molecule has 1 aromatic carbocycles. The molecule has 5 heteroatoms. The first-order valence-electron chi connectivity index (χ1n) is 6.86. The predicted molar refractivity (Wildman–Crippen MR) is 84.1 cm³/mol. The highest BCUT2D eigenvalue weighted by atomic mass is 35.5. The Morgan fingerprint density at radius 2 is 2.14 bits per heavy atom. The van der Waals surface area contributed by atoms with Gasteiger partial charge in [-0.05, 0) is 37.2 Å². The molecule has 1 aromatic heterocycles. The van der Waals surface area contributed by atoms with Crippen molar-refractivity contribution in [3.05, 3.63) is 53.2 Å². The van der Waals surface area contributed by atoms with Crippen molar-refractivity contribution < 1.29 is 9.47 Å². The summed E-state index contributed by atoms with van der Waals surface area (Å²) in [4.78, 5) is 4.10. The van der Waals surface area contributed by atoms with Crippen LogP contribution in [-0.2, 0) is 6.54 Å². The highest BCUT2D eigenvalue weighted by Crippen LogP contribution is 2.22. The first-order valence-corrected chi connectivity index (χ1v) is 7.24. The monoisotopic (exact) mass is 306 g/mol. The highest BCUT2D eigenvalue weighted by Gasteiger charge is 2.03. The summed E-state index contributed by atoms with van der Waals surface area (Å²) in [5.41, 5.74) is 1.05. The van der Waals surface area contributed by atoms with E-state index in [9.17, 15) is 0 Å². The average molecular weight is 307 g/mol. The molecule has 0 amide bonds. The zero-order chi connectivity index (χ0) is 14.9. The number of pyridine rings is 1. The number of hydrogen-bond donors (Lipinski definition) is 1. The van der Waals surface area contributed by atoms with Gasteiger partial charge in [0, 0.05) is 29.4 Å². The fraction of sp³-hybridized carbons (Fsp3) is 0.312. The van der Waals surface area contributed by atoms with Crippen LogP contribution in [0.2, 0.25) is 5.02 Å². The number of rotatable bonds is 8. The quantitative estimate of drug-likeness (QED) is 0.760. The molecule has 0 bridgehead atoms. The van der Waals surface area contributed by atoms with Crippen molar-refractivity contribution >= 4 is 11.6 Å². The molecule has 0 saturated carbocycles. The van der Waals surface area contributed by atoms with Crippen LogP contribution >= 0.6 is 11.6 Å². The lowest BCUT2D eigenvalue weighted by Crippen LogP contribution is -2.17. The molecule has 0 fully saturated rings. The molecule has 1 heterocycles. The summed E-state index contributed by atoms with van der Waals surface area (Å²) in [6.45, 7) is 2.20. The van der Waals surface area contributed by atoms with Crippen LogP contribution in [0.1, 0.15) is 12.0 Å². The molecule has 112 valence electrons. The Balaban J connectivity index is 1.67. The second kappa shape index (κ2) is 8.49.